The second-order valence-electron chi connectivity index (χ2n) is 5.33. The number of nitrogens with one attached hydrogen (secondary N) is 1. The van der Waals surface area contributed by atoms with Crippen LogP contribution < -0.4 is 5.32 Å². The molecule has 106 valence electrons. The summed E-state index contributed by atoms with van der Waals surface area (Å²) in [6.07, 6.45) is 3.18. The first kappa shape index (κ1) is 15.7. The lowest BCUT2D eigenvalue weighted by molar-refractivity contribution is -0.140. The van der Waals surface area contributed by atoms with Gasteiger partial charge in [-0.2, -0.15) is 0 Å². The van der Waals surface area contributed by atoms with Gasteiger partial charge in [0.1, 0.15) is 6.04 Å². The Labute approximate surface area is 116 Å². The van der Waals surface area contributed by atoms with Crippen molar-refractivity contribution in [3.05, 3.63) is 35.9 Å². The van der Waals surface area contributed by atoms with Crippen LogP contribution in [0.5, 0.6) is 0 Å². The van der Waals surface area contributed by atoms with Crippen LogP contribution in [-0.4, -0.2) is 17.1 Å². The molecule has 0 radical (unpaired) electrons. The van der Waals surface area contributed by atoms with Crippen LogP contribution in [0.4, 0.5) is 0 Å². The summed E-state index contributed by atoms with van der Waals surface area (Å²) in [4.78, 5) is 11.3. The van der Waals surface area contributed by atoms with Crippen LogP contribution in [-0.2, 0) is 4.79 Å². The highest BCUT2D eigenvalue weighted by Crippen LogP contribution is 2.21. The average Bonchev–Trinajstić information content (AvgIpc) is 2.39. The van der Waals surface area contributed by atoms with E-state index in [9.17, 15) is 9.90 Å². The summed E-state index contributed by atoms with van der Waals surface area (Å²) in [6.45, 7) is 6.03. The predicted octanol–water partition coefficient (Wildman–Crippen LogP) is 3.62. The van der Waals surface area contributed by atoms with E-state index in [1.165, 1.54) is 5.56 Å². The van der Waals surface area contributed by atoms with E-state index in [-0.39, 0.29) is 12.0 Å². The number of hydrogen-bond acceptors (Lipinski definition) is 2. The molecule has 0 saturated carbocycles. The molecule has 2 unspecified atom stereocenters. The quantitative estimate of drug-likeness (QED) is 0.753. The molecule has 0 fully saturated rings. The second-order valence-corrected chi connectivity index (χ2v) is 5.33. The van der Waals surface area contributed by atoms with Crippen LogP contribution in [0.1, 0.15) is 51.6 Å². The van der Waals surface area contributed by atoms with Gasteiger partial charge in [0.2, 0.25) is 0 Å². The molecule has 3 nitrogen and oxygen atoms in total. The smallest absolute Gasteiger partial charge is 0.320 e. The van der Waals surface area contributed by atoms with E-state index in [1.807, 2.05) is 32.0 Å². The third kappa shape index (κ3) is 5.03. The second kappa shape index (κ2) is 7.95. The first-order valence-electron chi connectivity index (χ1n) is 7.10. The minimum Gasteiger partial charge on any atom is -0.480 e. The van der Waals surface area contributed by atoms with E-state index in [0.29, 0.717) is 0 Å². The van der Waals surface area contributed by atoms with Crippen LogP contribution >= 0.6 is 0 Å². The molecular weight excluding hydrogens is 238 g/mol. The van der Waals surface area contributed by atoms with Crippen LogP contribution in [0.25, 0.3) is 0 Å². The average molecular weight is 263 g/mol. The van der Waals surface area contributed by atoms with Crippen molar-refractivity contribution in [2.75, 3.05) is 0 Å². The van der Waals surface area contributed by atoms with E-state index in [0.717, 1.165) is 19.3 Å². The SMILES string of the molecule is CCCCC(NC(C(=O)O)C(C)C)c1ccccc1. The Balaban J connectivity index is 2.82. The van der Waals surface area contributed by atoms with Crippen molar-refractivity contribution in [2.45, 2.75) is 52.1 Å². The Hall–Kier alpha value is -1.35. The zero-order chi connectivity index (χ0) is 14.3. The highest BCUT2D eigenvalue weighted by Gasteiger charge is 2.24. The molecule has 3 heteroatoms. The summed E-state index contributed by atoms with van der Waals surface area (Å²) in [5, 5.41) is 12.6. The van der Waals surface area contributed by atoms with Crippen molar-refractivity contribution in [1.82, 2.24) is 5.32 Å². The molecule has 0 amide bonds. The highest BCUT2D eigenvalue weighted by atomic mass is 16.4. The predicted molar refractivity (Wildman–Crippen MR) is 78.1 cm³/mol. The maximum absolute atomic E-state index is 11.3. The van der Waals surface area contributed by atoms with Gasteiger partial charge in [-0.05, 0) is 17.9 Å². The van der Waals surface area contributed by atoms with Crippen LogP contribution in [0, 0.1) is 5.92 Å². The maximum Gasteiger partial charge on any atom is 0.320 e. The first-order valence-corrected chi connectivity index (χ1v) is 7.10. The van der Waals surface area contributed by atoms with Gasteiger partial charge in [0.05, 0.1) is 0 Å². The van der Waals surface area contributed by atoms with Crippen molar-refractivity contribution in [3.8, 4) is 0 Å². The Morgan fingerprint density at radius 1 is 1.26 bits per heavy atom. The lowest BCUT2D eigenvalue weighted by Gasteiger charge is -2.26. The third-order valence-corrected chi connectivity index (χ3v) is 3.36. The minimum atomic E-state index is -0.771. The largest absolute Gasteiger partial charge is 0.480 e. The van der Waals surface area contributed by atoms with E-state index in [4.69, 9.17) is 0 Å². The molecule has 1 aromatic carbocycles. The number of carboxylic acids is 1. The summed E-state index contributed by atoms with van der Waals surface area (Å²) in [7, 11) is 0. The van der Waals surface area contributed by atoms with Crippen molar-refractivity contribution in [2.24, 2.45) is 5.92 Å². The van der Waals surface area contributed by atoms with Gasteiger partial charge in [0, 0.05) is 6.04 Å². The number of carbonyl (C=O) groups is 1. The fourth-order valence-electron chi connectivity index (χ4n) is 2.21. The molecule has 0 heterocycles. The molecule has 0 saturated heterocycles. The molecule has 1 rings (SSSR count). The monoisotopic (exact) mass is 263 g/mol. The molecule has 0 aromatic heterocycles. The summed E-state index contributed by atoms with van der Waals surface area (Å²) in [5.74, 6) is -0.697. The summed E-state index contributed by atoms with van der Waals surface area (Å²) in [5.41, 5.74) is 1.17. The number of aliphatic carboxylic acids is 1. The number of benzene rings is 1. The Morgan fingerprint density at radius 2 is 1.89 bits per heavy atom. The highest BCUT2D eigenvalue weighted by molar-refractivity contribution is 5.73. The van der Waals surface area contributed by atoms with E-state index in [1.54, 1.807) is 0 Å². The standard InChI is InChI=1S/C16H25NO2/c1-4-5-11-14(13-9-7-6-8-10-13)17-15(12(2)3)16(18)19/h6-10,12,14-15,17H,4-5,11H2,1-3H3,(H,18,19). The van der Waals surface area contributed by atoms with E-state index >= 15 is 0 Å². The molecule has 2 N–H and O–H groups in total. The number of hydrogen-bond donors (Lipinski definition) is 2. The Kier molecular flexibility index (Phi) is 6.57. The molecule has 2 atom stereocenters. The van der Waals surface area contributed by atoms with Gasteiger partial charge in [-0.15, -0.1) is 0 Å². The van der Waals surface area contributed by atoms with Gasteiger partial charge in [-0.1, -0.05) is 63.9 Å². The van der Waals surface area contributed by atoms with Gasteiger partial charge in [0.25, 0.3) is 0 Å². The third-order valence-electron chi connectivity index (χ3n) is 3.36. The van der Waals surface area contributed by atoms with Gasteiger partial charge < -0.3 is 5.11 Å². The minimum absolute atomic E-state index is 0.0744. The van der Waals surface area contributed by atoms with Crippen LogP contribution in [0.15, 0.2) is 30.3 Å². The van der Waals surface area contributed by atoms with E-state index in [2.05, 4.69) is 24.4 Å². The fourth-order valence-corrected chi connectivity index (χ4v) is 2.21. The van der Waals surface area contributed by atoms with Crippen LogP contribution in [0.2, 0.25) is 0 Å². The van der Waals surface area contributed by atoms with Gasteiger partial charge in [-0.25, -0.2) is 0 Å². The molecule has 0 aliphatic carbocycles. The molecule has 1 aromatic rings. The summed E-state index contributed by atoms with van der Waals surface area (Å²) in [6, 6.07) is 9.73. The van der Waals surface area contributed by atoms with Gasteiger partial charge >= 0.3 is 5.97 Å². The summed E-state index contributed by atoms with van der Waals surface area (Å²) < 4.78 is 0. The molecule has 19 heavy (non-hydrogen) atoms. The molecule has 0 aliphatic heterocycles. The zero-order valence-corrected chi connectivity index (χ0v) is 12.1. The van der Waals surface area contributed by atoms with Crippen molar-refractivity contribution < 1.29 is 9.90 Å². The Morgan fingerprint density at radius 3 is 2.37 bits per heavy atom. The number of carboxylic acid groups (broad SMARTS) is 1. The van der Waals surface area contributed by atoms with Gasteiger partial charge in [-0.3, -0.25) is 10.1 Å². The molecular formula is C16H25NO2. The maximum atomic E-state index is 11.3. The normalized spacial score (nSPS) is 14.3. The topological polar surface area (TPSA) is 49.3 Å². The van der Waals surface area contributed by atoms with Crippen LogP contribution in [0.3, 0.4) is 0 Å². The number of rotatable bonds is 8. The molecule has 0 spiro atoms. The first-order chi connectivity index (χ1) is 9.06. The Bertz CT molecular complexity index is 376. The van der Waals surface area contributed by atoms with Crippen molar-refractivity contribution in [3.63, 3.8) is 0 Å². The summed E-state index contributed by atoms with van der Waals surface area (Å²) >= 11 is 0. The number of unbranched alkanes of at least 4 members (excludes halogenated alkanes) is 1. The van der Waals surface area contributed by atoms with Crippen molar-refractivity contribution in [1.29, 1.82) is 0 Å². The van der Waals surface area contributed by atoms with Gasteiger partial charge in [0.15, 0.2) is 0 Å². The van der Waals surface area contributed by atoms with Crippen molar-refractivity contribution >= 4 is 5.97 Å². The van der Waals surface area contributed by atoms with E-state index < -0.39 is 12.0 Å². The lowest BCUT2D eigenvalue weighted by atomic mass is 9.97. The lowest BCUT2D eigenvalue weighted by Crippen LogP contribution is -2.42. The zero-order valence-electron chi connectivity index (χ0n) is 12.1. The fraction of sp³-hybridized carbons (Fsp3) is 0.562. The molecule has 0 aliphatic rings. The molecule has 0 bridgehead atoms.